The fourth-order valence-corrected chi connectivity index (χ4v) is 2.50. The summed E-state index contributed by atoms with van der Waals surface area (Å²) in [4.78, 5) is 14.0. The molecule has 1 amide bonds. The molecule has 0 spiro atoms. The Bertz CT molecular complexity index is 673. The van der Waals surface area contributed by atoms with Crippen LogP contribution in [-0.4, -0.2) is 31.5 Å². The normalized spacial score (nSPS) is 11.8. The van der Waals surface area contributed by atoms with Gasteiger partial charge in [0.15, 0.2) is 0 Å². The molecule has 0 aromatic heterocycles. The number of ether oxygens (including phenoxy) is 1. The fraction of sp³-hybridized carbons (Fsp3) is 0.316. The molecule has 0 fully saturated rings. The third-order valence-corrected chi connectivity index (χ3v) is 4.16. The average Bonchev–Trinajstić information content (AvgIpc) is 2.60. The summed E-state index contributed by atoms with van der Waals surface area (Å²) in [6, 6.07) is 15.4. The molecule has 24 heavy (non-hydrogen) atoms. The molecule has 0 aliphatic carbocycles. The highest BCUT2D eigenvalue weighted by molar-refractivity contribution is 6.30. The van der Waals surface area contributed by atoms with E-state index in [0.717, 1.165) is 16.9 Å². The summed E-state index contributed by atoms with van der Waals surface area (Å²) in [5.41, 5.74) is 2.14. The van der Waals surface area contributed by atoms with Gasteiger partial charge in [-0.25, -0.2) is 0 Å². The van der Waals surface area contributed by atoms with Crippen molar-refractivity contribution in [2.75, 3.05) is 20.7 Å². The molecule has 1 N–H and O–H groups in total. The summed E-state index contributed by atoms with van der Waals surface area (Å²) in [5.74, 6) is 0.835. The molecular formula is C19H23ClN2O2. The van der Waals surface area contributed by atoms with Crippen LogP contribution >= 0.6 is 11.6 Å². The maximum Gasteiger partial charge on any atom is 0.236 e. The van der Waals surface area contributed by atoms with E-state index in [1.807, 2.05) is 55.5 Å². The van der Waals surface area contributed by atoms with Crippen LogP contribution in [0.2, 0.25) is 5.02 Å². The summed E-state index contributed by atoms with van der Waals surface area (Å²) < 4.78 is 5.21. The molecule has 0 saturated carbocycles. The maximum atomic E-state index is 12.3. The molecule has 2 aromatic rings. The minimum atomic E-state index is 0.0404. The van der Waals surface area contributed by atoms with Gasteiger partial charge in [0.05, 0.1) is 13.7 Å². The van der Waals surface area contributed by atoms with Gasteiger partial charge in [0.25, 0.3) is 0 Å². The van der Waals surface area contributed by atoms with E-state index in [9.17, 15) is 4.79 Å². The number of rotatable bonds is 7. The van der Waals surface area contributed by atoms with E-state index in [1.165, 1.54) is 0 Å². The zero-order valence-electron chi connectivity index (χ0n) is 14.3. The van der Waals surface area contributed by atoms with Crippen molar-refractivity contribution in [3.8, 4) is 5.75 Å². The lowest BCUT2D eigenvalue weighted by Crippen LogP contribution is -2.36. The van der Waals surface area contributed by atoms with Crippen LogP contribution in [0.25, 0.3) is 0 Å². The number of hydrogen-bond donors (Lipinski definition) is 1. The minimum Gasteiger partial charge on any atom is -0.497 e. The van der Waals surface area contributed by atoms with Gasteiger partial charge in [-0.2, -0.15) is 0 Å². The molecule has 0 saturated heterocycles. The molecular weight excluding hydrogens is 324 g/mol. The summed E-state index contributed by atoms with van der Waals surface area (Å²) >= 11 is 5.89. The number of nitrogens with one attached hydrogen (secondary N) is 1. The van der Waals surface area contributed by atoms with Crippen LogP contribution in [-0.2, 0) is 11.3 Å². The van der Waals surface area contributed by atoms with E-state index in [1.54, 1.807) is 19.1 Å². The second-order valence-corrected chi connectivity index (χ2v) is 6.19. The zero-order valence-corrected chi connectivity index (χ0v) is 15.0. The Kier molecular flexibility index (Phi) is 6.64. The first-order chi connectivity index (χ1) is 11.5. The number of likely N-dealkylation sites (N-methyl/N-ethyl adjacent to an activating group) is 1. The first-order valence-corrected chi connectivity index (χ1v) is 8.23. The SMILES string of the molecule is COc1cccc(CN(C)C(=O)CNC(C)c2ccc(Cl)cc2)c1. The lowest BCUT2D eigenvalue weighted by atomic mass is 10.1. The summed E-state index contributed by atoms with van der Waals surface area (Å²) in [6.45, 7) is 2.86. The number of carbonyl (C=O) groups excluding carboxylic acids is 1. The van der Waals surface area contributed by atoms with Gasteiger partial charge in [-0.1, -0.05) is 35.9 Å². The van der Waals surface area contributed by atoms with E-state index >= 15 is 0 Å². The van der Waals surface area contributed by atoms with E-state index in [-0.39, 0.29) is 18.5 Å². The van der Waals surface area contributed by atoms with E-state index < -0.39 is 0 Å². The van der Waals surface area contributed by atoms with Crippen molar-refractivity contribution in [2.24, 2.45) is 0 Å². The molecule has 128 valence electrons. The highest BCUT2D eigenvalue weighted by atomic mass is 35.5. The van der Waals surface area contributed by atoms with E-state index in [4.69, 9.17) is 16.3 Å². The minimum absolute atomic E-state index is 0.0404. The van der Waals surface area contributed by atoms with Crippen molar-refractivity contribution in [3.63, 3.8) is 0 Å². The van der Waals surface area contributed by atoms with Gasteiger partial charge < -0.3 is 15.0 Å². The van der Waals surface area contributed by atoms with Crippen LogP contribution < -0.4 is 10.1 Å². The summed E-state index contributed by atoms with van der Waals surface area (Å²) in [6.07, 6.45) is 0. The van der Waals surface area contributed by atoms with Crippen molar-refractivity contribution in [1.82, 2.24) is 10.2 Å². The third-order valence-electron chi connectivity index (χ3n) is 3.91. The number of hydrogen-bond acceptors (Lipinski definition) is 3. The second kappa shape index (κ2) is 8.71. The van der Waals surface area contributed by atoms with Gasteiger partial charge in [-0.15, -0.1) is 0 Å². The molecule has 1 atom stereocenters. The lowest BCUT2D eigenvalue weighted by molar-refractivity contribution is -0.129. The largest absolute Gasteiger partial charge is 0.497 e. The van der Waals surface area contributed by atoms with Crippen LogP contribution in [0, 0.1) is 0 Å². The van der Waals surface area contributed by atoms with Crippen LogP contribution in [0.5, 0.6) is 5.75 Å². The predicted molar refractivity (Wildman–Crippen MR) is 97.3 cm³/mol. The van der Waals surface area contributed by atoms with Crippen LogP contribution in [0.3, 0.4) is 0 Å². The van der Waals surface area contributed by atoms with Gasteiger partial charge in [0, 0.05) is 24.7 Å². The maximum absolute atomic E-state index is 12.3. The molecule has 1 unspecified atom stereocenters. The Morgan fingerprint density at radius 3 is 2.62 bits per heavy atom. The first-order valence-electron chi connectivity index (χ1n) is 7.85. The standard InChI is InChI=1S/C19H23ClN2O2/c1-14(16-7-9-17(20)10-8-16)21-12-19(23)22(2)13-15-5-4-6-18(11-15)24-3/h4-11,14,21H,12-13H2,1-3H3. The summed E-state index contributed by atoms with van der Waals surface area (Å²) in [5, 5.41) is 3.96. The van der Waals surface area contributed by atoms with Gasteiger partial charge >= 0.3 is 0 Å². The molecule has 4 nitrogen and oxygen atoms in total. The number of carbonyl (C=O) groups is 1. The first kappa shape index (κ1) is 18.3. The molecule has 0 radical (unpaired) electrons. The van der Waals surface area contributed by atoms with Gasteiger partial charge in [-0.3, -0.25) is 4.79 Å². The molecule has 2 aromatic carbocycles. The molecule has 5 heteroatoms. The Morgan fingerprint density at radius 2 is 1.96 bits per heavy atom. The van der Waals surface area contributed by atoms with Crippen molar-refractivity contribution >= 4 is 17.5 Å². The van der Waals surface area contributed by atoms with Gasteiger partial charge in [0.1, 0.15) is 5.75 Å². The average molecular weight is 347 g/mol. The van der Waals surface area contributed by atoms with Crippen molar-refractivity contribution in [1.29, 1.82) is 0 Å². The monoisotopic (exact) mass is 346 g/mol. The van der Waals surface area contributed by atoms with Crippen LogP contribution in [0.1, 0.15) is 24.1 Å². The highest BCUT2D eigenvalue weighted by Gasteiger charge is 2.12. The Balaban J connectivity index is 1.85. The number of benzene rings is 2. The Morgan fingerprint density at radius 1 is 1.25 bits per heavy atom. The fourth-order valence-electron chi connectivity index (χ4n) is 2.38. The Labute approximate surface area is 148 Å². The predicted octanol–water partition coefficient (Wildman–Crippen LogP) is 3.66. The van der Waals surface area contributed by atoms with Crippen molar-refractivity contribution in [3.05, 3.63) is 64.7 Å². The number of amides is 1. The number of halogens is 1. The molecule has 0 bridgehead atoms. The van der Waals surface area contributed by atoms with E-state index in [0.29, 0.717) is 11.6 Å². The van der Waals surface area contributed by atoms with Gasteiger partial charge in [-0.05, 0) is 42.3 Å². The van der Waals surface area contributed by atoms with Crippen LogP contribution in [0.15, 0.2) is 48.5 Å². The van der Waals surface area contributed by atoms with Crippen molar-refractivity contribution in [2.45, 2.75) is 19.5 Å². The molecule has 0 heterocycles. The topological polar surface area (TPSA) is 41.6 Å². The molecule has 2 rings (SSSR count). The third kappa shape index (κ3) is 5.25. The Hall–Kier alpha value is -2.04. The highest BCUT2D eigenvalue weighted by Crippen LogP contribution is 2.16. The van der Waals surface area contributed by atoms with E-state index in [2.05, 4.69) is 5.32 Å². The van der Waals surface area contributed by atoms with Gasteiger partial charge in [0.2, 0.25) is 5.91 Å². The number of nitrogens with zero attached hydrogens (tertiary/aromatic N) is 1. The molecule has 0 aliphatic rings. The summed E-state index contributed by atoms with van der Waals surface area (Å²) in [7, 11) is 3.44. The van der Waals surface area contributed by atoms with Crippen LogP contribution in [0.4, 0.5) is 0 Å². The quantitative estimate of drug-likeness (QED) is 0.832. The lowest BCUT2D eigenvalue weighted by Gasteiger charge is -2.20. The zero-order chi connectivity index (χ0) is 17.5. The smallest absolute Gasteiger partial charge is 0.236 e. The van der Waals surface area contributed by atoms with Crippen molar-refractivity contribution < 1.29 is 9.53 Å². The molecule has 0 aliphatic heterocycles. The second-order valence-electron chi connectivity index (χ2n) is 5.76. The number of methoxy groups -OCH3 is 1.